The van der Waals surface area contributed by atoms with Crippen LogP contribution in [0.3, 0.4) is 0 Å². The van der Waals surface area contributed by atoms with Gasteiger partial charge in [-0.3, -0.25) is 4.79 Å². The summed E-state index contributed by atoms with van der Waals surface area (Å²) in [5.41, 5.74) is 1.31. The zero-order chi connectivity index (χ0) is 14.5. The highest BCUT2D eigenvalue weighted by Gasteiger charge is 2.09. The van der Waals surface area contributed by atoms with Crippen LogP contribution in [0.1, 0.15) is 18.1 Å². The first-order chi connectivity index (χ1) is 9.56. The van der Waals surface area contributed by atoms with Crippen molar-refractivity contribution in [3.63, 3.8) is 0 Å². The summed E-state index contributed by atoms with van der Waals surface area (Å²) >= 11 is 0. The second kappa shape index (κ2) is 5.93. The first-order valence-electron chi connectivity index (χ1n) is 6.04. The lowest BCUT2D eigenvalue weighted by molar-refractivity contribution is -0.131. The van der Waals surface area contributed by atoms with Crippen molar-refractivity contribution < 1.29 is 19.7 Å². The standard InChI is InChI=1S/C16H14O4/c1-11(17)20-14-9-13(16(19)15(18)10-14)8-7-12-5-3-2-4-6-12/h2-10,18-19H,1H3. The molecule has 0 aliphatic carbocycles. The molecule has 0 heterocycles. The van der Waals surface area contributed by atoms with Crippen LogP contribution in [0.2, 0.25) is 0 Å². The van der Waals surface area contributed by atoms with E-state index in [1.54, 1.807) is 12.2 Å². The van der Waals surface area contributed by atoms with Crippen LogP contribution in [0.5, 0.6) is 17.2 Å². The molecule has 0 atom stereocenters. The van der Waals surface area contributed by atoms with Gasteiger partial charge in [0.1, 0.15) is 5.75 Å². The molecule has 20 heavy (non-hydrogen) atoms. The molecule has 0 bridgehead atoms. The third-order valence-electron chi connectivity index (χ3n) is 2.61. The molecule has 0 spiro atoms. The van der Waals surface area contributed by atoms with Gasteiger partial charge in [0, 0.05) is 18.6 Å². The Labute approximate surface area is 116 Å². The van der Waals surface area contributed by atoms with E-state index in [-0.39, 0.29) is 17.2 Å². The maximum absolute atomic E-state index is 10.9. The van der Waals surface area contributed by atoms with Gasteiger partial charge in [0.05, 0.1) is 0 Å². The van der Waals surface area contributed by atoms with Crippen LogP contribution in [0.15, 0.2) is 42.5 Å². The first kappa shape index (κ1) is 13.7. The van der Waals surface area contributed by atoms with E-state index in [0.717, 1.165) is 5.56 Å². The fourth-order valence-corrected chi connectivity index (χ4v) is 1.72. The van der Waals surface area contributed by atoms with Crippen LogP contribution < -0.4 is 4.74 Å². The first-order valence-corrected chi connectivity index (χ1v) is 6.04. The predicted octanol–water partition coefficient (Wildman–Crippen LogP) is 3.19. The number of aromatic hydroxyl groups is 2. The Morgan fingerprint density at radius 1 is 1.10 bits per heavy atom. The SMILES string of the molecule is CC(=O)Oc1cc(O)c(O)c(C=Cc2ccccc2)c1. The monoisotopic (exact) mass is 270 g/mol. The minimum absolute atomic E-state index is 0.181. The van der Waals surface area contributed by atoms with Gasteiger partial charge >= 0.3 is 5.97 Å². The largest absolute Gasteiger partial charge is 0.504 e. The molecule has 0 radical (unpaired) electrons. The summed E-state index contributed by atoms with van der Waals surface area (Å²) in [7, 11) is 0. The number of hydrogen-bond acceptors (Lipinski definition) is 4. The number of phenols is 2. The number of benzene rings is 2. The molecule has 4 heteroatoms. The van der Waals surface area contributed by atoms with Crippen LogP contribution in [-0.4, -0.2) is 16.2 Å². The van der Waals surface area contributed by atoms with Crippen molar-refractivity contribution >= 4 is 18.1 Å². The van der Waals surface area contributed by atoms with E-state index in [1.165, 1.54) is 19.1 Å². The summed E-state index contributed by atoms with van der Waals surface area (Å²) in [5.74, 6) is -0.905. The third-order valence-corrected chi connectivity index (χ3v) is 2.61. The second-order valence-corrected chi connectivity index (χ2v) is 4.22. The molecule has 0 saturated carbocycles. The topological polar surface area (TPSA) is 66.8 Å². The maximum Gasteiger partial charge on any atom is 0.308 e. The zero-order valence-corrected chi connectivity index (χ0v) is 10.9. The highest BCUT2D eigenvalue weighted by atomic mass is 16.5. The van der Waals surface area contributed by atoms with Crippen molar-refractivity contribution in [3.8, 4) is 17.2 Å². The second-order valence-electron chi connectivity index (χ2n) is 4.22. The molecule has 0 fully saturated rings. The van der Waals surface area contributed by atoms with Gasteiger partial charge in [0.15, 0.2) is 11.5 Å². The number of phenolic OH excluding ortho intramolecular Hbond substituents is 2. The normalized spacial score (nSPS) is 10.7. The number of carbonyl (C=O) groups excluding carboxylic acids is 1. The highest BCUT2D eigenvalue weighted by molar-refractivity contribution is 5.76. The number of carbonyl (C=O) groups is 1. The van der Waals surface area contributed by atoms with Crippen molar-refractivity contribution in [3.05, 3.63) is 53.6 Å². The van der Waals surface area contributed by atoms with E-state index >= 15 is 0 Å². The minimum atomic E-state index is -0.493. The van der Waals surface area contributed by atoms with Gasteiger partial charge in [-0.2, -0.15) is 0 Å². The summed E-state index contributed by atoms with van der Waals surface area (Å²) in [6.07, 6.45) is 3.42. The molecule has 102 valence electrons. The predicted molar refractivity (Wildman–Crippen MR) is 76.5 cm³/mol. The van der Waals surface area contributed by atoms with Gasteiger partial charge in [-0.1, -0.05) is 42.5 Å². The number of ether oxygens (including phenoxy) is 1. The highest BCUT2D eigenvalue weighted by Crippen LogP contribution is 2.34. The molecule has 0 aliphatic rings. The lowest BCUT2D eigenvalue weighted by atomic mass is 10.1. The van der Waals surface area contributed by atoms with E-state index in [9.17, 15) is 15.0 Å². The van der Waals surface area contributed by atoms with Crippen molar-refractivity contribution in [2.24, 2.45) is 0 Å². The Hall–Kier alpha value is -2.75. The molecule has 2 N–H and O–H groups in total. The Morgan fingerprint density at radius 3 is 2.45 bits per heavy atom. The summed E-state index contributed by atoms with van der Waals surface area (Å²) < 4.78 is 4.90. The molecular formula is C16H14O4. The Morgan fingerprint density at radius 2 is 1.80 bits per heavy atom. The number of esters is 1. The van der Waals surface area contributed by atoms with Crippen molar-refractivity contribution in [1.29, 1.82) is 0 Å². The average molecular weight is 270 g/mol. The lowest BCUT2D eigenvalue weighted by Gasteiger charge is -2.06. The maximum atomic E-state index is 10.9. The summed E-state index contributed by atoms with van der Waals surface area (Å²) in [6.45, 7) is 1.27. The smallest absolute Gasteiger partial charge is 0.308 e. The Bertz CT molecular complexity index is 645. The lowest BCUT2D eigenvalue weighted by Crippen LogP contribution is -2.01. The molecule has 0 aromatic heterocycles. The fourth-order valence-electron chi connectivity index (χ4n) is 1.72. The summed E-state index contributed by atoms with van der Waals surface area (Å²) in [4.78, 5) is 10.9. The molecule has 2 rings (SSSR count). The van der Waals surface area contributed by atoms with Crippen LogP contribution in [0.4, 0.5) is 0 Å². The number of hydrogen-bond donors (Lipinski definition) is 2. The fraction of sp³-hybridized carbons (Fsp3) is 0.0625. The van der Waals surface area contributed by atoms with Crippen LogP contribution in [-0.2, 0) is 4.79 Å². The minimum Gasteiger partial charge on any atom is -0.504 e. The van der Waals surface area contributed by atoms with E-state index in [0.29, 0.717) is 5.56 Å². The molecule has 0 amide bonds. The molecule has 0 aliphatic heterocycles. The van der Waals surface area contributed by atoms with Crippen molar-refractivity contribution in [2.75, 3.05) is 0 Å². The third kappa shape index (κ3) is 3.38. The van der Waals surface area contributed by atoms with E-state index in [2.05, 4.69) is 0 Å². The van der Waals surface area contributed by atoms with Gasteiger partial charge in [-0.15, -0.1) is 0 Å². The molecule has 2 aromatic carbocycles. The van der Waals surface area contributed by atoms with Crippen LogP contribution in [0, 0.1) is 0 Å². The van der Waals surface area contributed by atoms with Gasteiger partial charge in [0.2, 0.25) is 0 Å². The van der Waals surface area contributed by atoms with Crippen molar-refractivity contribution in [2.45, 2.75) is 6.92 Å². The number of rotatable bonds is 3. The van der Waals surface area contributed by atoms with E-state index in [4.69, 9.17) is 4.74 Å². The molecular weight excluding hydrogens is 256 g/mol. The summed E-state index contributed by atoms with van der Waals surface area (Å²) in [6, 6.07) is 12.2. The van der Waals surface area contributed by atoms with E-state index in [1.807, 2.05) is 30.3 Å². The van der Waals surface area contributed by atoms with Gasteiger partial charge < -0.3 is 14.9 Å². The van der Waals surface area contributed by atoms with Gasteiger partial charge in [-0.05, 0) is 11.6 Å². The zero-order valence-electron chi connectivity index (χ0n) is 10.9. The van der Waals surface area contributed by atoms with Gasteiger partial charge in [0.25, 0.3) is 0 Å². The molecule has 0 saturated heterocycles. The molecule has 0 unspecified atom stereocenters. The average Bonchev–Trinajstić information content (AvgIpc) is 2.41. The Kier molecular flexibility index (Phi) is 4.05. The Balaban J connectivity index is 2.33. The van der Waals surface area contributed by atoms with Crippen LogP contribution in [0.25, 0.3) is 12.2 Å². The van der Waals surface area contributed by atoms with E-state index < -0.39 is 5.97 Å². The molecule has 2 aromatic rings. The molecule has 4 nitrogen and oxygen atoms in total. The summed E-state index contributed by atoms with van der Waals surface area (Å²) in [5, 5.41) is 19.4. The van der Waals surface area contributed by atoms with Crippen molar-refractivity contribution in [1.82, 2.24) is 0 Å². The quantitative estimate of drug-likeness (QED) is 0.389. The van der Waals surface area contributed by atoms with Crippen LogP contribution >= 0.6 is 0 Å². The van der Waals surface area contributed by atoms with Gasteiger partial charge in [-0.25, -0.2) is 0 Å².